The van der Waals surface area contributed by atoms with Crippen molar-refractivity contribution < 1.29 is 14.3 Å². The fraction of sp³-hybridized carbons (Fsp3) is 0.857. The lowest BCUT2D eigenvalue weighted by Gasteiger charge is -2.06. The lowest BCUT2D eigenvalue weighted by molar-refractivity contribution is -0.111. The molecule has 0 bridgehead atoms. The molecule has 4 heteroatoms. The maximum absolute atomic E-state index is 10.4. The Labute approximate surface area is 71.5 Å². The van der Waals surface area contributed by atoms with Gasteiger partial charge >= 0.3 is 0 Å². The summed E-state index contributed by atoms with van der Waals surface area (Å²) in [7, 11) is 0. The quantitative estimate of drug-likeness (QED) is 0.649. The smallest absolute Gasteiger partial charge is 0.185 e. The SMILES string of the molecule is O=C(S)CCCC1OCCO1. The van der Waals surface area contributed by atoms with Crippen LogP contribution in [0, 0.1) is 0 Å². The maximum Gasteiger partial charge on any atom is 0.185 e. The first-order chi connectivity index (χ1) is 5.29. The van der Waals surface area contributed by atoms with Crippen molar-refractivity contribution in [2.24, 2.45) is 0 Å². The molecule has 0 amide bonds. The third kappa shape index (κ3) is 3.74. The molecule has 0 atom stereocenters. The van der Waals surface area contributed by atoms with Crippen LogP contribution in [0.4, 0.5) is 0 Å². The van der Waals surface area contributed by atoms with Crippen molar-refractivity contribution >= 4 is 17.7 Å². The van der Waals surface area contributed by atoms with E-state index in [9.17, 15) is 4.79 Å². The van der Waals surface area contributed by atoms with Gasteiger partial charge in [0.05, 0.1) is 13.2 Å². The Morgan fingerprint density at radius 3 is 2.64 bits per heavy atom. The largest absolute Gasteiger partial charge is 0.350 e. The molecule has 0 saturated carbocycles. The maximum atomic E-state index is 10.4. The van der Waals surface area contributed by atoms with Crippen LogP contribution in [-0.2, 0) is 14.3 Å². The average molecular weight is 176 g/mol. The van der Waals surface area contributed by atoms with Gasteiger partial charge < -0.3 is 9.47 Å². The Bertz CT molecular complexity index is 132. The van der Waals surface area contributed by atoms with E-state index in [1.54, 1.807) is 0 Å². The molecule has 1 fully saturated rings. The summed E-state index contributed by atoms with van der Waals surface area (Å²) >= 11 is 3.65. The van der Waals surface area contributed by atoms with Crippen molar-refractivity contribution in [3.63, 3.8) is 0 Å². The van der Waals surface area contributed by atoms with Gasteiger partial charge in [-0.15, -0.1) is 12.6 Å². The van der Waals surface area contributed by atoms with E-state index in [-0.39, 0.29) is 11.4 Å². The molecule has 1 rings (SSSR count). The zero-order valence-electron chi connectivity index (χ0n) is 6.28. The summed E-state index contributed by atoms with van der Waals surface area (Å²) in [5.74, 6) is 0. The van der Waals surface area contributed by atoms with E-state index in [4.69, 9.17) is 9.47 Å². The van der Waals surface area contributed by atoms with E-state index in [1.807, 2.05) is 0 Å². The lowest BCUT2D eigenvalue weighted by Crippen LogP contribution is -2.07. The highest BCUT2D eigenvalue weighted by molar-refractivity contribution is 7.96. The van der Waals surface area contributed by atoms with Crippen molar-refractivity contribution in [3.8, 4) is 0 Å². The van der Waals surface area contributed by atoms with E-state index < -0.39 is 0 Å². The molecular weight excluding hydrogens is 164 g/mol. The summed E-state index contributed by atoms with van der Waals surface area (Å²) in [5, 5.41) is -0.0667. The molecule has 3 nitrogen and oxygen atoms in total. The van der Waals surface area contributed by atoms with Crippen LogP contribution in [0.2, 0.25) is 0 Å². The highest BCUT2D eigenvalue weighted by Gasteiger charge is 2.14. The fourth-order valence-corrected chi connectivity index (χ4v) is 1.15. The average Bonchev–Trinajstić information content (AvgIpc) is 2.39. The van der Waals surface area contributed by atoms with Crippen LogP contribution in [0.3, 0.4) is 0 Å². The van der Waals surface area contributed by atoms with Crippen molar-refractivity contribution in [2.45, 2.75) is 25.6 Å². The Morgan fingerprint density at radius 1 is 1.45 bits per heavy atom. The van der Waals surface area contributed by atoms with Gasteiger partial charge in [-0.1, -0.05) is 0 Å². The van der Waals surface area contributed by atoms with Gasteiger partial charge in [-0.3, -0.25) is 4.79 Å². The summed E-state index contributed by atoms with van der Waals surface area (Å²) in [6, 6.07) is 0. The number of hydrogen-bond donors (Lipinski definition) is 1. The van der Waals surface area contributed by atoms with Gasteiger partial charge in [-0.2, -0.15) is 0 Å². The fourth-order valence-electron chi connectivity index (χ4n) is 0.994. The number of thiol groups is 1. The normalized spacial score (nSPS) is 19.0. The summed E-state index contributed by atoms with van der Waals surface area (Å²) < 4.78 is 10.4. The van der Waals surface area contributed by atoms with Crippen LogP contribution in [-0.4, -0.2) is 24.6 Å². The van der Waals surface area contributed by atoms with E-state index in [0.717, 1.165) is 12.8 Å². The lowest BCUT2D eigenvalue weighted by atomic mass is 10.2. The zero-order valence-corrected chi connectivity index (χ0v) is 7.18. The molecule has 0 aromatic heterocycles. The van der Waals surface area contributed by atoms with Gasteiger partial charge in [0.25, 0.3) is 0 Å². The molecule has 0 aliphatic carbocycles. The summed E-state index contributed by atoms with van der Waals surface area (Å²) in [4.78, 5) is 10.4. The van der Waals surface area contributed by atoms with E-state index in [2.05, 4.69) is 12.6 Å². The molecule has 0 unspecified atom stereocenters. The molecule has 0 radical (unpaired) electrons. The number of rotatable bonds is 4. The van der Waals surface area contributed by atoms with Gasteiger partial charge in [0.1, 0.15) is 0 Å². The van der Waals surface area contributed by atoms with E-state index in [1.165, 1.54) is 0 Å². The molecule has 1 aliphatic heterocycles. The highest BCUT2D eigenvalue weighted by Crippen LogP contribution is 2.11. The van der Waals surface area contributed by atoms with Crippen LogP contribution < -0.4 is 0 Å². The molecule has 11 heavy (non-hydrogen) atoms. The molecular formula is C7H12O3S. The van der Waals surface area contributed by atoms with Gasteiger partial charge in [0.15, 0.2) is 11.4 Å². The second-order valence-electron chi connectivity index (χ2n) is 2.46. The Hall–Kier alpha value is -0.0600. The minimum atomic E-state index is -0.0808. The second-order valence-corrected chi connectivity index (χ2v) is 2.96. The van der Waals surface area contributed by atoms with Crippen LogP contribution >= 0.6 is 12.6 Å². The second kappa shape index (κ2) is 4.74. The predicted molar refractivity (Wildman–Crippen MR) is 43.5 cm³/mol. The minimum absolute atomic E-state index is 0.0667. The third-order valence-corrected chi connectivity index (χ3v) is 1.74. The first-order valence-electron chi connectivity index (χ1n) is 3.74. The van der Waals surface area contributed by atoms with Gasteiger partial charge in [0, 0.05) is 6.42 Å². The molecule has 0 N–H and O–H groups in total. The first kappa shape index (κ1) is 9.03. The van der Waals surface area contributed by atoms with E-state index >= 15 is 0 Å². The van der Waals surface area contributed by atoms with Crippen molar-refractivity contribution in [3.05, 3.63) is 0 Å². The number of hydrogen-bond acceptors (Lipinski definition) is 3. The Morgan fingerprint density at radius 2 is 2.09 bits per heavy atom. The van der Waals surface area contributed by atoms with Gasteiger partial charge in [0.2, 0.25) is 0 Å². The zero-order chi connectivity index (χ0) is 8.10. The van der Waals surface area contributed by atoms with Crippen molar-refractivity contribution in [1.29, 1.82) is 0 Å². The van der Waals surface area contributed by atoms with Gasteiger partial charge in [-0.25, -0.2) is 0 Å². The molecule has 64 valence electrons. The van der Waals surface area contributed by atoms with Crippen molar-refractivity contribution in [2.75, 3.05) is 13.2 Å². The topological polar surface area (TPSA) is 35.5 Å². The molecule has 1 saturated heterocycles. The Kier molecular flexibility index (Phi) is 3.90. The van der Waals surface area contributed by atoms with Crippen LogP contribution in [0.5, 0.6) is 0 Å². The summed E-state index contributed by atoms with van der Waals surface area (Å²) in [5.41, 5.74) is 0. The monoisotopic (exact) mass is 176 g/mol. The molecule has 0 aromatic rings. The minimum Gasteiger partial charge on any atom is -0.350 e. The number of carbonyl (C=O) groups excluding carboxylic acids is 1. The third-order valence-electron chi connectivity index (χ3n) is 1.52. The number of carbonyl (C=O) groups is 1. The molecule has 1 heterocycles. The summed E-state index contributed by atoms with van der Waals surface area (Å²) in [6.07, 6.45) is 2.02. The molecule has 1 aliphatic rings. The van der Waals surface area contributed by atoms with Crippen LogP contribution in [0.25, 0.3) is 0 Å². The van der Waals surface area contributed by atoms with Crippen LogP contribution in [0.15, 0.2) is 0 Å². The first-order valence-corrected chi connectivity index (χ1v) is 4.19. The molecule has 0 spiro atoms. The molecule has 0 aromatic carbocycles. The number of ether oxygens (including phenoxy) is 2. The van der Waals surface area contributed by atoms with Crippen molar-refractivity contribution in [1.82, 2.24) is 0 Å². The highest BCUT2D eigenvalue weighted by atomic mass is 32.1. The predicted octanol–water partition coefficient (Wildman–Crippen LogP) is 0.986. The van der Waals surface area contributed by atoms with E-state index in [0.29, 0.717) is 19.6 Å². The Balaban J connectivity index is 1.98. The van der Waals surface area contributed by atoms with Crippen LogP contribution in [0.1, 0.15) is 19.3 Å². The summed E-state index contributed by atoms with van der Waals surface area (Å²) in [6.45, 7) is 1.36. The van der Waals surface area contributed by atoms with Gasteiger partial charge in [-0.05, 0) is 12.8 Å². The standard InChI is InChI=1S/C7H12O3S/c8-6(11)2-1-3-7-9-4-5-10-7/h7H,1-5H2,(H,8,11).